The average Bonchev–Trinajstić information content (AvgIpc) is 3.20. The van der Waals surface area contributed by atoms with Gasteiger partial charge in [-0.1, -0.05) is 5.16 Å². The van der Waals surface area contributed by atoms with Gasteiger partial charge in [-0.05, 0) is 39.8 Å². The fourth-order valence-corrected chi connectivity index (χ4v) is 4.85. The van der Waals surface area contributed by atoms with Crippen LogP contribution in [0.25, 0.3) is 0 Å². The Morgan fingerprint density at radius 2 is 1.85 bits per heavy atom. The molecule has 2 amide bonds. The molecule has 148 valence electrons. The topological polar surface area (TPSA) is 109 Å². The van der Waals surface area contributed by atoms with E-state index in [1.165, 1.54) is 4.31 Å². The van der Waals surface area contributed by atoms with E-state index in [0.717, 1.165) is 5.76 Å². The molecule has 0 aliphatic carbocycles. The Bertz CT molecular complexity index is 906. The van der Waals surface area contributed by atoms with Crippen molar-refractivity contribution >= 4 is 16.1 Å². The molecule has 1 saturated heterocycles. The van der Waals surface area contributed by atoms with Gasteiger partial charge >= 0.3 is 6.03 Å². The zero-order valence-corrected chi connectivity index (χ0v) is 16.7. The van der Waals surface area contributed by atoms with Crippen molar-refractivity contribution in [1.29, 1.82) is 0 Å². The lowest BCUT2D eigenvalue weighted by molar-refractivity contribution is 0.168. The van der Waals surface area contributed by atoms with Crippen LogP contribution in [0.2, 0.25) is 0 Å². The number of aromatic nitrogens is 1. The van der Waals surface area contributed by atoms with Gasteiger partial charge in [0.2, 0.25) is 10.0 Å². The number of hydrogen-bond acceptors (Lipinski definition) is 6. The van der Waals surface area contributed by atoms with Crippen LogP contribution in [-0.4, -0.2) is 55.0 Å². The van der Waals surface area contributed by atoms with E-state index >= 15 is 0 Å². The number of carbonyl (C=O) groups excluding carboxylic acids is 1. The standard InChI is InChI=1S/C17H24N4O5S/c1-11-5-6-15(25-11)12(2)18-17(22)20-7-9-21(10-8-20)27(23,24)16-13(3)19-26-14(16)4/h5-6,12H,7-10H2,1-4H3,(H,18,22). The van der Waals surface area contributed by atoms with Crippen molar-refractivity contribution in [2.24, 2.45) is 0 Å². The molecule has 0 saturated carbocycles. The van der Waals surface area contributed by atoms with E-state index in [9.17, 15) is 13.2 Å². The number of sulfonamides is 1. The summed E-state index contributed by atoms with van der Waals surface area (Å²) >= 11 is 0. The number of urea groups is 1. The van der Waals surface area contributed by atoms with E-state index in [0.29, 0.717) is 24.5 Å². The van der Waals surface area contributed by atoms with Gasteiger partial charge in [-0.3, -0.25) is 0 Å². The maximum atomic E-state index is 12.8. The molecule has 3 heterocycles. The van der Waals surface area contributed by atoms with E-state index in [1.807, 2.05) is 26.0 Å². The van der Waals surface area contributed by atoms with E-state index < -0.39 is 10.0 Å². The smallest absolute Gasteiger partial charge is 0.318 e. The van der Waals surface area contributed by atoms with Gasteiger partial charge in [0.1, 0.15) is 22.1 Å². The molecule has 1 fully saturated rings. The molecule has 27 heavy (non-hydrogen) atoms. The van der Waals surface area contributed by atoms with Crippen LogP contribution >= 0.6 is 0 Å². The molecule has 1 N–H and O–H groups in total. The van der Waals surface area contributed by atoms with Crippen molar-refractivity contribution in [1.82, 2.24) is 19.7 Å². The van der Waals surface area contributed by atoms with Gasteiger partial charge in [0, 0.05) is 26.2 Å². The number of hydrogen-bond donors (Lipinski definition) is 1. The molecule has 1 aliphatic heterocycles. The number of rotatable bonds is 4. The minimum absolute atomic E-state index is 0.113. The quantitative estimate of drug-likeness (QED) is 0.846. The SMILES string of the molecule is Cc1ccc(C(C)NC(=O)N2CCN(S(=O)(=O)c3c(C)noc3C)CC2)o1. The highest BCUT2D eigenvalue weighted by Gasteiger charge is 2.34. The van der Waals surface area contributed by atoms with Crippen LogP contribution in [-0.2, 0) is 10.0 Å². The summed E-state index contributed by atoms with van der Waals surface area (Å²) in [4.78, 5) is 14.2. The molecule has 0 bridgehead atoms. The Hall–Kier alpha value is -2.33. The monoisotopic (exact) mass is 396 g/mol. The van der Waals surface area contributed by atoms with Gasteiger partial charge in [-0.2, -0.15) is 4.31 Å². The normalized spacial score (nSPS) is 17.1. The first-order valence-electron chi connectivity index (χ1n) is 8.75. The predicted octanol–water partition coefficient (Wildman–Crippen LogP) is 1.97. The first kappa shape index (κ1) is 19.4. The zero-order valence-electron chi connectivity index (χ0n) is 15.9. The number of nitrogens with one attached hydrogen (secondary N) is 1. The van der Waals surface area contributed by atoms with E-state index in [-0.39, 0.29) is 35.8 Å². The van der Waals surface area contributed by atoms with Crippen LogP contribution < -0.4 is 5.32 Å². The Labute approximate surface area is 158 Å². The number of nitrogens with zero attached hydrogens (tertiary/aromatic N) is 3. The summed E-state index contributed by atoms with van der Waals surface area (Å²) in [6, 6.07) is 3.16. The van der Waals surface area contributed by atoms with Gasteiger partial charge in [-0.15, -0.1) is 0 Å². The van der Waals surface area contributed by atoms with E-state index in [1.54, 1.807) is 18.7 Å². The van der Waals surface area contributed by atoms with Crippen LogP contribution in [0, 0.1) is 20.8 Å². The van der Waals surface area contributed by atoms with Crippen molar-refractivity contribution in [2.45, 2.75) is 38.6 Å². The lowest BCUT2D eigenvalue weighted by Crippen LogP contribution is -2.53. The molecule has 0 aromatic carbocycles. The fourth-order valence-electron chi connectivity index (χ4n) is 3.14. The second-order valence-corrected chi connectivity index (χ2v) is 8.54. The van der Waals surface area contributed by atoms with E-state index in [4.69, 9.17) is 8.94 Å². The third-order valence-corrected chi connectivity index (χ3v) is 6.76. The molecule has 1 unspecified atom stereocenters. The Morgan fingerprint density at radius 3 is 2.37 bits per heavy atom. The highest BCUT2D eigenvalue weighted by atomic mass is 32.2. The maximum Gasteiger partial charge on any atom is 0.318 e. The molecule has 0 spiro atoms. The molecule has 1 aliphatic rings. The highest BCUT2D eigenvalue weighted by Crippen LogP contribution is 2.24. The minimum Gasteiger partial charge on any atom is -0.464 e. The van der Waals surface area contributed by atoms with Gasteiger partial charge in [0.25, 0.3) is 0 Å². The largest absolute Gasteiger partial charge is 0.464 e. The summed E-state index contributed by atoms with van der Waals surface area (Å²) in [5.41, 5.74) is 0.343. The molecule has 2 aromatic rings. The number of amides is 2. The summed E-state index contributed by atoms with van der Waals surface area (Å²) in [6.07, 6.45) is 0. The third kappa shape index (κ3) is 3.86. The molecule has 2 aromatic heterocycles. The third-order valence-electron chi connectivity index (χ3n) is 4.62. The Morgan fingerprint density at radius 1 is 1.19 bits per heavy atom. The van der Waals surface area contributed by atoms with Crippen LogP contribution in [0.4, 0.5) is 4.79 Å². The van der Waals surface area contributed by atoms with Crippen molar-refractivity contribution in [3.05, 3.63) is 35.1 Å². The van der Waals surface area contributed by atoms with Gasteiger partial charge in [-0.25, -0.2) is 13.2 Å². The number of carbonyl (C=O) groups is 1. The summed E-state index contributed by atoms with van der Waals surface area (Å²) in [7, 11) is -3.69. The summed E-state index contributed by atoms with van der Waals surface area (Å²) in [6.45, 7) is 7.91. The van der Waals surface area contributed by atoms with Crippen molar-refractivity contribution in [2.75, 3.05) is 26.2 Å². The molecule has 3 rings (SSSR count). The second-order valence-electron chi connectivity index (χ2n) is 6.66. The molecule has 9 nitrogen and oxygen atoms in total. The number of aryl methyl sites for hydroxylation is 3. The Balaban J connectivity index is 1.61. The number of piperazine rings is 1. The highest BCUT2D eigenvalue weighted by molar-refractivity contribution is 7.89. The molecular formula is C17H24N4O5S. The van der Waals surface area contributed by atoms with Crippen LogP contribution in [0.1, 0.15) is 35.9 Å². The summed E-state index contributed by atoms with van der Waals surface area (Å²) < 4.78 is 37.5. The molecule has 10 heteroatoms. The van der Waals surface area contributed by atoms with Crippen molar-refractivity contribution < 1.29 is 22.2 Å². The lowest BCUT2D eigenvalue weighted by Gasteiger charge is -2.34. The first-order valence-corrected chi connectivity index (χ1v) is 10.2. The van der Waals surface area contributed by atoms with Crippen molar-refractivity contribution in [3.8, 4) is 0 Å². The maximum absolute atomic E-state index is 12.8. The van der Waals surface area contributed by atoms with Gasteiger partial charge in [0.05, 0.1) is 6.04 Å². The second kappa shape index (κ2) is 7.35. The molecular weight excluding hydrogens is 372 g/mol. The van der Waals surface area contributed by atoms with Gasteiger partial charge in [0.15, 0.2) is 5.76 Å². The number of furan rings is 1. The van der Waals surface area contributed by atoms with E-state index in [2.05, 4.69) is 10.5 Å². The first-order chi connectivity index (χ1) is 12.7. The zero-order chi connectivity index (χ0) is 19.8. The Kier molecular flexibility index (Phi) is 5.29. The fraction of sp³-hybridized carbons (Fsp3) is 0.529. The van der Waals surface area contributed by atoms with Crippen LogP contribution in [0.3, 0.4) is 0 Å². The average molecular weight is 396 g/mol. The van der Waals surface area contributed by atoms with Gasteiger partial charge < -0.3 is 19.2 Å². The minimum atomic E-state index is -3.69. The van der Waals surface area contributed by atoms with Crippen LogP contribution in [0.5, 0.6) is 0 Å². The van der Waals surface area contributed by atoms with Crippen molar-refractivity contribution in [3.63, 3.8) is 0 Å². The summed E-state index contributed by atoms with van der Waals surface area (Å²) in [5.74, 6) is 1.74. The molecule has 1 atom stereocenters. The predicted molar refractivity (Wildman–Crippen MR) is 96.7 cm³/mol. The molecule has 0 radical (unpaired) electrons. The summed E-state index contributed by atoms with van der Waals surface area (Å²) in [5, 5.41) is 6.60. The lowest BCUT2D eigenvalue weighted by atomic mass is 10.2. The van der Waals surface area contributed by atoms with Crippen LogP contribution in [0.15, 0.2) is 26.0 Å².